The van der Waals surface area contributed by atoms with Crippen LogP contribution in [0, 0.1) is 5.92 Å². The molecule has 0 saturated heterocycles. The van der Waals surface area contributed by atoms with Gasteiger partial charge < -0.3 is 0 Å². The fourth-order valence-corrected chi connectivity index (χ4v) is 5.83. The molecule has 2 aromatic heterocycles. The van der Waals surface area contributed by atoms with Crippen molar-refractivity contribution in [2.75, 3.05) is 0 Å². The van der Waals surface area contributed by atoms with Gasteiger partial charge in [-0.1, -0.05) is 94.0 Å². The molecule has 0 radical (unpaired) electrons. The van der Waals surface area contributed by atoms with E-state index in [1.807, 2.05) is 28.8 Å². The van der Waals surface area contributed by atoms with Gasteiger partial charge in [-0.2, -0.15) is 0 Å². The second-order valence-corrected chi connectivity index (χ2v) is 10.4. The molecule has 0 unspecified atom stereocenters. The highest BCUT2D eigenvalue weighted by atomic mass is 19.1. The number of imidazole rings is 1. The van der Waals surface area contributed by atoms with E-state index in [1.165, 1.54) is 32.1 Å². The van der Waals surface area contributed by atoms with Gasteiger partial charge >= 0.3 is 5.69 Å². The maximum atomic E-state index is 14.4. The van der Waals surface area contributed by atoms with Gasteiger partial charge in [-0.25, -0.2) is 14.3 Å². The first-order valence-electron chi connectivity index (χ1n) is 14.0. The maximum Gasteiger partial charge on any atom is 0.328 e. The minimum atomic E-state index is -0.599. The van der Waals surface area contributed by atoms with Crippen LogP contribution in [0.2, 0.25) is 0 Å². The lowest BCUT2D eigenvalue weighted by Crippen LogP contribution is -2.27. The van der Waals surface area contributed by atoms with Crippen molar-refractivity contribution in [3.8, 4) is 22.5 Å². The molecule has 0 atom stereocenters. The van der Waals surface area contributed by atoms with E-state index < -0.39 is 6.67 Å². The number of rotatable bonds is 11. The Balaban J connectivity index is 1.41. The Bertz CT molecular complexity index is 1370. The molecule has 8 heteroatoms. The van der Waals surface area contributed by atoms with Gasteiger partial charge in [0, 0.05) is 17.8 Å². The summed E-state index contributed by atoms with van der Waals surface area (Å²) in [5, 5.41) is 14.3. The molecule has 0 aliphatic heterocycles. The van der Waals surface area contributed by atoms with Crippen molar-refractivity contribution in [2.45, 2.75) is 84.5 Å². The van der Waals surface area contributed by atoms with Crippen LogP contribution >= 0.6 is 0 Å². The number of hydrogen-bond acceptors (Lipinski definition) is 4. The summed E-state index contributed by atoms with van der Waals surface area (Å²) < 4.78 is 17.9. The SMILES string of the molecule is CCCCc1c(CF)n(CCC2CCCCC2)c(=O)n1Cc1ccc(-c2ccccc2-c2nnn[nH]2)cc1. The molecule has 1 aliphatic rings. The largest absolute Gasteiger partial charge is 0.328 e. The molecule has 1 saturated carbocycles. The normalized spacial score (nSPS) is 14.3. The Labute approximate surface area is 223 Å². The number of benzene rings is 2. The van der Waals surface area contributed by atoms with E-state index in [-0.39, 0.29) is 5.69 Å². The number of H-pyrrole nitrogens is 1. The van der Waals surface area contributed by atoms with Gasteiger partial charge in [-0.15, -0.1) is 5.10 Å². The lowest BCUT2D eigenvalue weighted by atomic mass is 9.87. The first kappa shape index (κ1) is 26.1. The highest BCUT2D eigenvalue weighted by molar-refractivity contribution is 5.80. The van der Waals surface area contributed by atoms with Crippen molar-refractivity contribution >= 4 is 0 Å². The summed E-state index contributed by atoms with van der Waals surface area (Å²) in [4.78, 5) is 13.6. The van der Waals surface area contributed by atoms with Gasteiger partial charge in [0.25, 0.3) is 0 Å². The lowest BCUT2D eigenvalue weighted by molar-refractivity contribution is 0.318. The average molecular weight is 517 g/mol. The van der Waals surface area contributed by atoms with E-state index in [4.69, 9.17) is 0 Å². The van der Waals surface area contributed by atoms with E-state index in [1.54, 1.807) is 4.57 Å². The second-order valence-electron chi connectivity index (χ2n) is 10.4. The van der Waals surface area contributed by atoms with E-state index in [9.17, 15) is 9.18 Å². The molecule has 1 fully saturated rings. The van der Waals surface area contributed by atoms with Crippen LogP contribution in [0.25, 0.3) is 22.5 Å². The standard InChI is InChI=1S/C30H37FN6O/c1-2-3-13-27-28(20-31)36(19-18-22-9-5-4-6-10-22)30(38)37(27)21-23-14-16-24(17-15-23)25-11-7-8-12-26(25)29-32-34-35-33-29/h7-8,11-12,14-17,22H,2-6,9-10,13,18-21H2,1H3,(H,32,33,34,35). The van der Waals surface area contributed by atoms with Crippen molar-refractivity contribution < 1.29 is 4.39 Å². The molecule has 1 N–H and O–H groups in total. The van der Waals surface area contributed by atoms with Crippen LogP contribution in [0.5, 0.6) is 0 Å². The zero-order valence-electron chi connectivity index (χ0n) is 22.2. The second kappa shape index (κ2) is 12.3. The Morgan fingerprint density at radius 1 is 0.974 bits per heavy atom. The average Bonchev–Trinajstić information content (AvgIpc) is 3.59. The van der Waals surface area contributed by atoms with Gasteiger partial charge in [0.05, 0.1) is 12.2 Å². The molecule has 0 amide bonds. The molecule has 38 heavy (non-hydrogen) atoms. The number of hydrogen-bond donors (Lipinski definition) is 1. The number of nitrogens with zero attached hydrogens (tertiary/aromatic N) is 5. The molecule has 2 heterocycles. The Kier molecular flexibility index (Phi) is 8.46. The van der Waals surface area contributed by atoms with Crippen molar-refractivity contribution in [1.29, 1.82) is 0 Å². The van der Waals surface area contributed by atoms with Crippen LogP contribution in [0.15, 0.2) is 53.3 Å². The summed E-state index contributed by atoms with van der Waals surface area (Å²) in [5.74, 6) is 1.26. The topological polar surface area (TPSA) is 81.4 Å². The van der Waals surface area contributed by atoms with Crippen molar-refractivity contribution in [3.05, 3.63) is 76.0 Å². The third kappa shape index (κ3) is 5.64. The molecule has 2 aromatic carbocycles. The van der Waals surface area contributed by atoms with E-state index in [2.05, 4.69) is 51.8 Å². The van der Waals surface area contributed by atoms with Gasteiger partial charge in [-0.3, -0.25) is 9.13 Å². The Morgan fingerprint density at radius 2 is 1.74 bits per heavy atom. The van der Waals surface area contributed by atoms with Gasteiger partial charge in [0.1, 0.15) is 6.67 Å². The van der Waals surface area contributed by atoms with Crippen LogP contribution in [0.3, 0.4) is 0 Å². The molecule has 5 rings (SSSR count). The minimum Gasteiger partial charge on any atom is -0.293 e. The third-order valence-corrected chi connectivity index (χ3v) is 7.96. The summed E-state index contributed by atoms with van der Waals surface area (Å²) >= 11 is 0. The first-order chi connectivity index (χ1) is 18.7. The van der Waals surface area contributed by atoms with Crippen LogP contribution < -0.4 is 5.69 Å². The van der Waals surface area contributed by atoms with E-state index >= 15 is 0 Å². The van der Waals surface area contributed by atoms with Crippen molar-refractivity contribution in [2.24, 2.45) is 5.92 Å². The maximum absolute atomic E-state index is 14.4. The molecule has 200 valence electrons. The Hall–Kier alpha value is -3.55. The number of aromatic nitrogens is 6. The first-order valence-corrected chi connectivity index (χ1v) is 14.0. The van der Waals surface area contributed by atoms with E-state index in [0.717, 1.165) is 53.6 Å². The summed E-state index contributed by atoms with van der Waals surface area (Å²) in [5.41, 5.74) is 5.35. The smallest absolute Gasteiger partial charge is 0.293 e. The van der Waals surface area contributed by atoms with Gasteiger partial charge in [-0.05, 0) is 52.3 Å². The molecule has 1 aliphatic carbocycles. The highest BCUT2D eigenvalue weighted by Crippen LogP contribution is 2.30. The summed E-state index contributed by atoms with van der Waals surface area (Å²) in [7, 11) is 0. The number of unbranched alkanes of at least 4 members (excludes halogenated alkanes) is 1. The highest BCUT2D eigenvalue weighted by Gasteiger charge is 2.21. The van der Waals surface area contributed by atoms with Gasteiger partial charge in [0.2, 0.25) is 0 Å². The quantitative estimate of drug-likeness (QED) is 0.253. The Morgan fingerprint density at radius 3 is 2.42 bits per heavy atom. The summed E-state index contributed by atoms with van der Waals surface area (Å²) in [6.45, 7) is 2.58. The number of nitrogens with one attached hydrogen (secondary N) is 1. The monoisotopic (exact) mass is 516 g/mol. The van der Waals surface area contributed by atoms with Crippen molar-refractivity contribution in [1.82, 2.24) is 29.8 Å². The lowest BCUT2D eigenvalue weighted by Gasteiger charge is -2.21. The summed E-state index contributed by atoms with van der Waals surface area (Å²) in [6.07, 6.45) is 9.93. The molecule has 7 nitrogen and oxygen atoms in total. The fourth-order valence-electron chi connectivity index (χ4n) is 5.83. The van der Waals surface area contributed by atoms with Crippen LogP contribution in [0.4, 0.5) is 4.39 Å². The molecule has 0 bridgehead atoms. The third-order valence-electron chi connectivity index (χ3n) is 7.96. The van der Waals surface area contributed by atoms with E-state index in [0.29, 0.717) is 30.5 Å². The molecular weight excluding hydrogens is 479 g/mol. The molecular formula is C30H37FN6O. The predicted molar refractivity (Wildman–Crippen MR) is 147 cm³/mol. The zero-order chi connectivity index (χ0) is 26.3. The summed E-state index contributed by atoms with van der Waals surface area (Å²) in [6, 6.07) is 16.2. The molecule has 4 aromatic rings. The minimum absolute atomic E-state index is 0.0770. The predicted octanol–water partition coefficient (Wildman–Crippen LogP) is 6.33. The number of halogens is 1. The fraction of sp³-hybridized carbons (Fsp3) is 0.467. The molecule has 0 spiro atoms. The van der Waals surface area contributed by atoms with Gasteiger partial charge in [0.15, 0.2) is 5.82 Å². The number of aromatic amines is 1. The number of alkyl halides is 1. The zero-order valence-corrected chi connectivity index (χ0v) is 22.2. The number of tetrazole rings is 1. The van der Waals surface area contributed by atoms with Crippen LogP contribution in [-0.4, -0.2) is 29.8 Å². The van der Waals surface area contributed by atoms with Crippen LogP contribution in [-0.2, 0) is 26.2 Å². The van der Waals surface area contributed by atoms with Crippen LogP contribution in [0.1, 0.15) is 75.2 Å². The van der Waals surface area contributed by atoms with Crippen molar-refractivity contribution in [3.63, 3.8) is 0 Å².